The van der Waals surface area contributed by atoms with Crippen LogP contribution in [0.1, 0.15) is 31.2 Å². The number of aromatic nitrogens is 2. The van der Waals surface area contributed by atoms with Crippen LogP contribution in [0.5, 0.6) is 0 Å². The van der Waals surface area contributed by atoms with E-state index in [-0.39, 0.29) is 0 Å². The van der Waals surface area contributed by atoms with Crippen LogP contribution < -0.4 is 5.32 Å². The second kappa shape index (κ2) is 5.92. The van der Waals surface area contributed by atoms with E-state index in [1.807, 2.05) is 12.4 Å². The first kappa shape index (κ1) is 11.5. The summed E-state index contributed by atoms with van der Waals surface area (Å²) in [6.07, 6.45) is 10.6. The SMILES string of the molecule is COC1CCCCC1NCc1cncnc1. The molecule has 16 heavy (non-hydrogen) atoms. The van der Waals surface area contributed by atoms with Crippen LogP contribution in [0.4, 0.5) is 0 Å². The van der Waals surface area contributed by atoms with E-state index in [4.69, 9.17) is 4.74 Å². The second-order valence-electron chi connectivity index (χ2n) is 4.29. The van der Waals surface area contributed by atoms with Gasteiger partial charge < -0.3 is 10.1 Å². The Bertz CT molecular complexity index is 304. The maximum atomic E-state index is 5.50. The number of nitrogens with zero attached hydrogens (tertiary/aromatic N) is 2. The van der Waals surface area contributed by atoms with Crippen LogP contribution in [0.15, 0.2) is 18.7 Å². The number of hydrogen-bond acceptors (Lipinski definition) is 4. The summed E-state index contributed by atoms with van der Waals surface area (Å²) >= 11 is 0. The monoisotopic (exact) mass is 221 g/mol. The standard InChI is InChI=1S/C12H19N3O/c1-16-12-5-3-2-4-11(12)15-8-10-6-13-9-14-7-10/h6-7,9,11-12,15H,2-5,8H2,1H3. The van der Waals surface area contributed by atoms with E-state index < -0.39 is 0 Å². The fraction of sp³-hybridized carbons (Fsp3) is 0.667. The largest absolute Gasteiger partial charge is 0.380 e. The van der Waals surface area contributed by atoms with Crippen LogP contribution in [-0.4, -0.2) is 29.2 Å². The van der Waals surface area contributed by atoms with E-state index >= 15 is 0 Å². The van der Waals surface area contributed by atoms with Crippen molar-refractivity contribution < 1.29 is 4.74 Å². The van der Waals surface area contributed by atoms with Crippen molar-refractivity contribution in [1.82, 2.24) is 15.3 Å². The summed E-state index contributed by atoms with van der Waals surface area (Å²) < 4.78 is 5.50. The third-order valence-corrected chi connectivity index (χ3v) is 3.19. The molecular weight excluding hydrogens is 202 g/mol. The minimum atomic E-state index is 0.360. The van der Waals surface area contributed by atoms with E-state index in [1.165, 1.54) is 25.7 Å². The lowest BCUT2D eigenvalue weighted by atomic mass is 9.92. The smallest absolute Gasteiger partial charge is 0.115 e. The molecule has 1 fully saturated rings. The summed E-state index contributed by atoms with van der Waals surface area (Å²) in [6, 6.07) is 0.471. The summed E-state index contributed by atoms with van der Waals surface area (Å²) in [4.78, 5) is 8.01. The van der Waals surface area contributed by atoms with E-state index in [1.54, 1.807) is 13.4 Å². The van der Waals surface area contributed by atoms with E-state index in [0.717, 1.165) is 12.1 Å². The molecule has 1 saturated carbocycles. The van der Waals surface area contributed by atoms with Crippen molar-refractivity contribution in [1.29, 1.82) is 0 Å². The number of methoxy groups -OCH3 is 1. The van der Waals surface area contributed by atoms with Crippen molar-refractivity contribution in [3.8, 4) is 0 Å². The molecule has 4 heteroatoms. The minimum absolute atomic E-state index is 0.360. The van der Waals surface area contributed by atoms with E-state index in [0.29, 0.717) is 12.1 Å². The Morgan fingerprint density at radius 2 is 2.06 bits per heavy atom. The molecule has 0 amide bonds. The molecule has 88 valence electrons. The highest BCUT2D eigenvalue weighted by molar-refractivity contribution is 5.02. The molecule has 0 bridgehead atoms. The third-order valence-electron chi connectivity index (χ3n) is 3.19. The highest BCUT2D eigenvalue weighted by Gasteiger charge is 2.23. The molecule has 2 unspecified atom stereocenters. The van der Waals surface area contributed by atoms with E-state index in [2.05, 4.69) is 15.3 Å². The first-order valence-electron chi connectivity index (χ1n) is 5.90. The molecule has 0 radical (unpaired) electrons. The predicted octanol–water partition coefficient (Wildman–Crippen LogP) is 1.52. The molecule has 1 heterocycles. The molecule has 2 rings (SSSR count). The van der Waals surface area contributed by atoms with Crippen LogP contribution >= 0.6 is 0 Å². The Morgan fingerprint density at radius 1 is 1.31 bits per heavy atom. The summed E-state index contributed by atoms with van der Waals surface area (Å²) in [6.45, 7) is 0.825. The van der Waals surface area contributed by atoms with Crippen molar-refractivity contribution in [2.75, 3.05) is 7.11 Å². The van der Waals surface area contributed by atoms with Gasteiger partial charge in [0.1, 0.15) is 6.33 Å². The van der Waals surface area contributed by atoms with Gasteiger partial charge >= 0.3 is 0 Å². The van der Waals surface area contributed by atoms with Gasteiger partial charge in [0, 0.05) is 37.7 Å². The zero-order valence-corrected chi connectivity index (χ0v) is 9.72. The van der Waals surface area contributed by atoms with Crippen LogP contribution in [0, 0.1) is 0 Å². The lowest BCUT2D eigenvalue weighted by Crippen LogP contribution is -2.42. The van der Waals surface area contributed by atoms with Gasteiger partial charge in [0.2, 0.25) is 0 Å². The van der Waals surface area contributed by atoms with Gasteiger partial charge in [0.05, 0.1) is 6.10 Å². The molecule has 1 N–H and O–H groups in total. The topological polar surface area (TPSA) is 47.0 Å². The lowest BCUT2D eigenvalue weighted by Gasteiger charge is -2.31. The van der Waals surface area contributed by atoms with Gasteiger partial charge in [-0.25, -0.2) is 9.97 Å². The Kier molecular flexibility index (Phi) is 4.25. The molecule has 1 aliphatic rings. The highest BCUT2D eigenvalue weighted by Crippen LogP contribution is 2.20. The first-order chi connectivity index (χ1) is 7.90. The van der Waals surface area contributed by atoms with Gasteiger partial charge in [-0.05, 0) is 12.8 Å². The minimum Gasteiger partial charge on any atom is -0.380 e. The second-order valence-corrected chi connectivity index (χ2v) is 4.29. The third kappa shape index (κ3) is 3.00. The molecule has 1 aromatic rings. The Balaban J connectivity index is 1.84. The highest BCUT2D eigenvalue weighted by atomic mass is 16.5. The fourth-order valence-corrected chi connectivity index (χ4v) is 2.28. The van der Waals surface area contributed by atoms with Crippen LogP contribution in [0.25, 0.3) is 0 Å². The molecule has 0 aromatic carbocycles. The van der Waals surface area contributed by atoms with Crippen LogP contribution in [0.2, 0.25) is 0 Å². The number of rotatable bonds is 4. The Morgan fingerprint density at radius 3 is 2.81 bits per heavy atom. The van der Waals surface area contributed by atoms with Crippen molar-refractivity contribution in [2.24, 2.45) is 0 Å². The first-order valence-corrected chi connectivity index (χ1v) is 5.90. The molecule has 0 saturated heterocycles. The zero-order valence-electron chi connectivity index (χ0n) is 9.72. The van der Waals surface area contributed by atoms with Crippen LogP contribution in [0.3, 0.4) is 0 Å². The molecular formula is C12H19N3O. The van der Waals surface area contributed by atoms with Crippen molar-refractivity contribution in [3.63, 3.8) is 0 Å². The van der Waals surface area contributed by atoms with Crippen molar-refractivity contribution in [3.05, 3.63) is 24.3 Å². The molecule has 2 atom stereocenters. The maximum absolute atomic E-state index is 5.50. The average Bonchev–Trinajstić information content (AvgIpc) is 2.38. The van der Waals surface area contributed by atoms with Gasteiger partial charge in [-0.2, -0.15) is 0 Å². The fourth-order valence-electron chi connectivity index (χ4n) is 2.28. The molecule has 1 aliphatic carbocycles. The summed E-state index contributed by atoms with van der Waals surface area (Å²) in [7, 11) is 1.80. The van der Waals surface area contributed by atoms with Gasteiger partial charge in [0.25, 0.3) is 0 Å². The molecule has 0 aliphatic heterocycles. The maximum Gasteiger partial charge on any atom is 0.115 e. The Labute approximate surface area is 96.4 Å². The van der Waals surface area contributed by atoms with Crippen molar-refractivity contribution in [2.45, 2.75) is 44.4 Å². The van der Waals surface area contributed by atoms with Gasteiger partial charge in [-0.3, -0.25) is 0 Å². The molecule has 0 spiro atoms. The average molecular weight is 221 g/mol. The summed E-state index contributed by atoms with van der Waals surface area (Å²) in [5, 5.41) is 3.53. The van der Waals surface area contributed by atoms with Gasteiger partial charge in [-0.1, -0.05) is 12.8 Å². The summed E-state index contributed by atoms with van der Waals surface area (Å²) in [5.41, 5.74) is 1.13. The zero-order chi connectivity index (χ0) is 11.2. The molecule has 4 nitrogen and oxygen atoms in total. The summed E-state index contributed by atoms with van der Waals surface area (Å²) in [5.74, 6) is 0. The van der Waals surface area contributed by atoms with Gasteiger partial charge in [0.15, 0.2) is 0 Å². The number of ether oxygens (including phenoxy) is 1. The number of hydrogen-bond donors (Lipinski definition) is 1. The van der Waals surface area contributed by atoms with Crippen LogP contribution in [-0.2, 0) is 11.3 Å². The lowest BCUT2D eigenvalue weighted by molar-refractivity contribution is 0.0413. The quantitative estimate of drug-likeness (QED) is 0.837. The Hall–Kier alpha value is -1.00. The number of nitrogens with one attached hydrogen (secondary N) is 1. The van der Waals surface area contributed by atoms with E-state index in [9.17, 15) is 0 Å². The van der Waals surface area contributed by atoms with Crippen molar-refractivity contribution >= 4 is 0 Å². The normalized spacial score (nSPS) is 25.6. The predicted molar refractivity (Wildman–Crippen MR) is 61.9 cm³/mol. The van der Waals surface area contributed by atoms with Gasteiger partial charge in [-0.15, -0.1) is 0 Å². The molecule has 1 aromatic heterocycles.